The lowest BCUT2D eigenvalue weighted by molar-refractivity contribution is -0.107. The van der Waals surface area contributed by atoms with E-state index in [1.54, 1.807) is 11.0 Å². The third-order valence-electron chi connectivity index (χ3n) is 3.64. The van der Waals surface area contributed by atoms with Crippen LogP contribution in [0.4, 0.5) is 4.79 Å². The molecule has 1 amide bonds. The first-order chi connectivity index (χ1) is 11.3. The maximum absolute atomic E-state index is 12.1. The number of allylic oxidation sites excluding steroid dienone is 4. The Balaban J connectivity index is 2.54. The molecule has 24 heavy (non-hydrogen) atoms. The number of hydrogen-bond acceptors (Lipinski definition) is 4. The molecular weight excluding hydrogens is 306 g/mol. The van der Waals surface area contributed by atoms with E-state index >= 15 is 0 Å². The lowest BCUT2D eigenvalue weighted by atomic mass is 10.1. The molecule has 5 nitrogen and oxygen atoms in total. The first kappa shape index (κ1) is 20.0. The lowest BCUT2D eigenvalue weighted by Gasteiger charge is -2.41. The topological polar surface area (TPSA) is 55.8 Å². The number of nitrogens with zero attached hydrogens (tertiary/aromatic N) is 1. The number of aldehydes is 1. The average Bonchev–Trinajstić information content (AvgIpc) is 2.46. The van der Waals surface area contributed by atoms with Gasteiger partial charge in [-0.3, -0.25) is 0 Å². The summed E-state index contributed by atoms with van der Waals surface area (Å²) in [6, 6.07) is 0.0327. The third-order valence-corrected chi connectivity index (χ3v) is 3.64. The second-order valence-corrected chi connectivity index (χ2v) is 6.75. The summed E-state index contributed by atoms with van der Waals surface area (Å²) in [6.07, 6.45) is 8.07. The van der Waals surface area contributed by atoms with E-state index in [4.69, 9.17) is 9.47 Å². The van der Waals surface area contributed by atoms with Crippen molar-refractivity contribution in [1.82, 2.24) is 4.90 Å². The van der Waals surface area contributed by atoms with Crippen LogP contribution in [0.1, 0.15) is 47.0 Å². The van der Waals surface area contributed by atoms with Gasteiger partial charge in [0.05, 0.1) is 6.04 Å². The molecule has 1 atom stereocenters. The Morgan fingerprint density at radius 3 is 2.54 bits per heavy atom. The zero-order valence-electron chi connectivity index (χ0n) is 15.2. The van der Waals surface area contributed by atoms with Crippen molar-refractivity contribution in [3.63, 3.8) is 0 Å². The highest BCUT2D eigenvalue weighted by Gasteiger charge is 2.35. The fourth-order valence-electron chi connectivity index (χ4n) is 2.22. The van der Waals surface area contributed by atoms with Crippen molar-refractivity contribution in [2.75, 3.05) is 13.2 Å². The van der Waals surface area contributed by atoms with Gasteiger partial charge in [0, 0.05) is 13.0 Å². The highest BCUT2D eigenvalue weighted by Crippen LogP contribution is 2.22. The molecule has 134 valence electrons. The number of ether oxygens (including phenoxy) is 2. The van der Waals surface area contributed by atoms with Crippen LogP contribution in [0.25, 0.3) is 0 Å². The maximum Gasteiger partial charge on any atom is 0.410 e. The number of carbonyl (C=O) groups is 2. The Hall–Kier alpha value is -2.04. The Bertz CT molecular complexity index is 514. The van der Waals surface area contributed by atoms with E-state index in [0.717, 1.165) is 18.3 Å². The van der Waals surface area contributed by atoms with Gasteiger partial charge in [-0.2, -0.15) is 0 Å². The van der Waals surface area contributed by atoms with Crippen molar-refractivity contribution in [2.24, 2.45) is 0 Å². The minimum absolute atomic E-state index is 0.0327. The number of likely N-dealkylation sites (tertiary alicyclic amines) is 1. The van der Waals surface area contributed by atoms with Crippen LogP contribution in [-0.4, -0.2) is 42.1 Å². The van der Waals surface area contributed by atoms with Crippen LogP contribution >= 0.6 is 0 Å². The van der Waals surface area contributed by atoms with Crippen molar-refractivity contribution in [1.29, 1.82) is 0 Å². The van der Waals surface area contributed by atoms with Gasteiger partial charge in [-0.05, 0) is 58.3 Å². The van der Waals surface area contributed by atoms with E-state index in [0.29, 0.717) is 31.8 Å². The van der Waals surface area contributed by atoms with Crippen LogP contribution in [0.5, 0.6) is 0 Å². The Morgan fingerprint density at radius 1 is 1.38 bits per heavy atom. The molecule has 1 aliphatic heterocycles. The molecule has 0 bridgehead atoms. The van der Waals surface area contributed by atoms with E-state index in [9.17, 15) is 9.59 Å². The SMILES string of the molecule is C=C/C(=C\C(=C/C)OCC1CCN1C(=O)OC(C)(C)C)CCC=O. The third kappa shape index (κ3) is 6.60. The van der Waals surface area contributed by atoms with Gasteiger partial charge in [0.1, 0.15) is 24.3 Å². The molecule has 1 aliphatic rings. The number of rotatable bonds is 8. The van der Waals surface area contributed by atoms with Gasteiger partial charge in [-0.25, -0.2) is 4.79 Å². The van der Waals surface area contributed by atoms with Gasteiger partial charge in [0.15, 0.2) is 0 Å². The van der Waals surface area contributed by atoms with Crippen molar-refractivity contribution in [3.8, 4) is 0 Å². The summed E-state index contributed by atoms with van der Waals surface area (Å²) < 4.78 is 11.2. The normalized spacial score (nSPS) is 18.7. The van der Waals surface area contributed by atoms with Crippen LogP contribution in [0.15, 0.2) is 36.1 Å². The smallest absolute Gasteiger partial charge is 0.410 e. The standard InChI is InChI=1S/C19H29NO4/c1-6-15(9-8-12-21)13-17(7-2)23-14-16-10-11-20(16)18(22)24-19(3,4)5/h6-7,12-13,16H,1,8-11,14H2,2-5H3/b15-13+,17-7+. The summed E-state index contributed by atoms with van der Waals surface area (Å²) in [4.78, 5) is 24.3. The van der Waals surface area contributed by atoms with Crippen molar-refractivity contribution in [2.45, 2.75) is 58.6 Å². The van der Waals surface area contributed by atoms with Crippen molar-refractivity contribution >= 4 is 12.4 Å². The summed E-state index contributed by atoms with van der Waals surface area (Å²) in [5, 5.41) is 0. The van der Waals surface area contributed by atoms with Crippen LogP contribution in [0, 0.1) is 0 Å². The van der Waals surface area contributed by atoms with Gasteiger partial charge in [-0.1, -0.05) is 12.7 Å². The highest BCUT2D eigenvalue weighted by atomic mass is 16.6. The maximum atomic E-state index is 12.1. The summed E-state index contributed by atoms with van der Waals surface area (Å²) >= 11 is 0. The van der Waals surface area contributed by atoms with Gasteiger partial charge < -0.3 is 19.2 Å². The number of hydrogen-bond donors (Lipinski definition) is 0. The first-order valence-electron chi connectivity index (χ1n) is 8.36. The first-order valence-corrected chi connectivity index (χ1v) is 8.36. The largest absolute Gasteiger partial charge is 0.492 e. The summed E-state index contributed by atoms with van der Waals surface area (Å²) in [7, 11) is 0. The monoisotopic (exact) mass is 335 g/mol. The molecule has 1 rings (SSSR count). The summed E-state index contributed by atoms with van der Waals surface area (Å²) in [5.74, 6) is 0.715. The van der Waals surface area contributed by atoms with E-state index in [1.165, 1.54) is 0 Å². The van der Waals surface area contributed by atoms with Gasteiger partial charge in [-0.15, -0.1) is 0 Å². The summed E-state index contributed by atoms with van der Waals surface area (Å²) in [6.45, 7) is 12.3. The van der Waals surface area contributed by atoms with Gasteiger partial charge in [0.2, 0.25) is 0 Å². The van der Waals surface area contributed by atoms with Gasteiger partial charge in [0.25, 0.3) is 0 Å². The molecule has 0 aromatic rings. The molecule has 1 heterocycles. The minimum Gasteiger partial charge on any atom is -0.492 e. The molecule has 1 unspecified atom stereocenters. The highest BCUT2D eigenvalue weighted by molar-refractivity contribution is 5.69. The van der Waals surface area contributed by atoms with E-state index in [1.807, 2.05) is 39.8 Å². The molecule has 1 saturated heterocycles. The fourth-order valence-corrected chi connectivity index (χ4v) is 2.22. The second kappa shape index (κ2) is 9.30. The number of amides is 1. The molecule has 0 aliphatic carbocycles. The molecule has 0 aromatic carbocycles. The van der Waals surface area contributed by atoms with E-state index in [2.05, 4.69) is 6.58 Å². The molecule has 1 fully saturated rings. The quantitative estimate of drug-likeness (QED) is 0.382. The molecule has 0 spiro atoms. The van der Waals surface area contributed by atoms with Crippen LogP contribution in [0.2, 0.25) is 0 Å². The van der Waals surface area contributed by atoms with Crippen LogP contribution < -0.4 is 0 Å². The molecular formula is C19H29NO4. The van der Waals surface area contributed by atoms with Crippen molar-refractivity contribution < 1.29 is 19.1 Å². The average molecular weight is 335 g/mol. The Kier molecular flexibility index (Phi) is 7.75. The van der Waals surface area contributed by atoms with Crippen LogP contribution in [0.3, 0.4) is 0 Å². The van der Waals surface area contributed by atoms with E-state index < -0.39 is 5.60 Å². The summed E-state index contributed by atoms with van der Waals surface area (Å²) in [5.41, 5.74) is 0.458. The number of carbonyl (C=O) groups excluding carboxylic acids is 2. The minimum atomic E-state index is -0.493. The molecule has 0 radical (unpaired) electrons. The van der Waals surface area contributed by atoms with E-state index in [-0.39, 0.29) is 12.1 Å². The predicted molar refractivity (Wildman–Crippen MR) is 94.6 cm³/mol. The predicted octanol–water partition coefficient (Wildman–Crippen LogP) is 4.01. The van der Waals surface area contributed by atoms with Gasteiger partial charge >= 0.3 is 6.09 Å². The Morgan fingerprint density at radius 2 is 2.08 bits per heavy atom. The molecule has 0 N–H and O–H groups in total. The lowest BCUT2D eigenvalue weighted by Crippen LogP contribution is -2.54. The van der Waals surface area contributed by atoms with Crippen LogP contribution in [-0.2, 0) is 14.3 Å². The zero-order valence-corrected chi connectivity index (χ0v) is 15.2. The fraction of sp³-hybridized carbons (Fsp3) is 0.579. The molecule has 0 aromatic heterocycles. The Labute approximate surface area is 145 Å². The zero-order chi connectivity index (χ0) is 18.2. The second-order valence-electron chi connectivity index (χ2n) is 6.75. The molecule has 0 saturated carbocycles. The molecule has 5 heteroatoms. The van der Waals surface area contributed by atoms with Crippen molar-refractivity contribution in [3.05, 3.63) is 36.1 Å².